The van der Waals surface area contributed by atoms with Gasteiger partial charge in [0.25, 0.3) is 0 Å². The van der Waals surface area contributed by atoms with Crippen molar-refractivity contribution in [1.82, 2.24) is 9.36 Å². The van der Waals surface area contributed by atoms with Gasteiger partial charge in [-0.15, -0.1) is 0 Å². The first-order valence-corrected chi connectivity index (χ1v) is 6.51. The molecule has 1 atom stereocenters. The Hall–Kier alpha value is -0.760. The minimum absolute atomic E-state index is 0.251. The molecular formula is C10H17N3O3S. The summed E-state index contributed by atoms with van der Waals surface area (Å²) in [6.45, 7) is 1.59. The topological polar surface area (TPSA) is 87.5 Å². The largest absolute Gasteiger partial charge is 0.394 e. The van der Waals surface area contributed by atoms with Crippen molar-refractivity contribution in [2.24, 2.45) is 0 Å². The average molecular weight is 259 g/mol. The Kier molecular flexibility index (Phi) is 4.66. The van der Waals surface area contributed by atoms with Crippen LogP contribution in [-0.2, 0) is 4.74 Å². The summed E-state index contributed by atoms with van der Waals surface area (Å²) < 4.78 is 9.60. The molecule has 0 aromatic carbocycles. The molecule has 0 spiro atoms. The van der Waals surface area contributed by atoms with Gasteiger partial charge in [0.05, 0.1) is 12.7 Å². The third-order valence-corrected chi connectivity index (χ3v) is 3.41. The molecule has 6 nitrogen and oxygen atoms in total. The fourth-order valence-corrected chi connectivity index (χ4v) is 2.35. The van der Waals surface area contributed by atoms with Crippen LogP contribution in [0.2, 0.25) is 0 Å². The minimum Gasteiger partial charge on any atom is -0.394 e. The summed E-state index contributed by atoms with van der Waals surface area (Å²) in [6, 6.07) is 0. The molecular weight excluding hydrogens is 242 g/mol. The number of ether oxygens (including phenoxy) is 1. The van der Waals surface area contributed by atoms with E-state index in [0.717, 1.165) is 31.9 Å². The highest BCUT2D eigenvalue weighted by atomic mass is 32.1. The zero-order valence-electron chi connectivity index (χ0n) is 9.50. The van der Waals surface area contributed by atoms with Gasteiger partial charge in [-0.1, -0.05) is 0 Å². The van der Waals surface area contributed by atoms with Gasteiger partial charge in [-0.05, 0) is 12.8 Å². The number of nitrogens with zero attached hydrogens (tertiary/aromatic N) is 2. The van der Waals surface area contributed by atoms with Crippen LogP contribution in [0.15, 0.2) is 0 Å². The summed E-state index contributed by atoms with van der Waals surface area (Å²) in [5.74, 6) is 1.25. The van der Waals surface area contributed by atoms with Gasteiger partial charge in [0.2, 0.25) is 5.13 Å². The molecule has 0 amide bonds. The second-order valence-electron chi connectivity index (χ2n) is 4.06. The predicted molar refractivity (Wildman–Crippen MR) is 64.3 cm³/mol. The third kappa shape index (κ3) is 3.60. The van der Waals surface area contributed by atoms with Crippen LogP contribution < -0.4 is 5.32 Å². The van der Waals surface area contributed by atoms with E-state index in [9.17, 15) is 5.11 Å². The molecule has 1 aromatic heterocycles. The van der Waals surface area contributed by atoms with E-state index in [2.05, 4.69) is 14.7 Å². The summed E-state index contributed by atoms with van der Waals surface area (Å²) in [7, 11) is 0. The predicted octanol–water partition coefficient (Wildman–Crippen LogP) is 0.197. The molecule has 1 aromatic rings. The van der Waals surface area contributed by atoms with Gasteiger partial charge in [-0.3, -0.25) is 0 Å². The molecule has 1 saturated heterocycles. The Balaban J connectivity index is 1.86. The molecule has 96 valence electrons. The van der Waals surface area contributed by atoms with Crippen molar-refractivity contribution in [3.63, 3.8) is 0 Å². The zero-order valence-corrected chi connectivity index (χ0v) is 10.3. The Bertz CT molecular complexity index is 341. The van der Waals surface area contributed by atoms with Gasteiger partial charge in [0, 0.05) is 37.2 Å². The van der Waals surface area contributed by atoms with Crippen LogP contribution in [0, 0.1) is 0 Å². The smallest absolute Gasteiger partial charge is 0.202 e. The molecule has 1 aliphatic heterocycles. The molecule has 17 heavy (non-hydrogen) atoms. The van der Waals surface area contributed by atoms with Crippen LogP contribution in [0.25, 0.3) is 0 Å². The van der Waals surface area contributed by atoms with Gasteiger partial charge >= 0.3 is 0 Å². The van der Waals surface area contributed by atoms with Gasteiger partial charge in [0.1, 0.15) is 5.82 Å². The lowest BCUT2D eigenvalue weighted by Gasteiger charge is -2.18. The third-order valence-electron chi connectivity index (χ3n) is 2.73. The summed E-state index contributed by atoms with van der Waals surface area (Å²) in [5, 5.41) is 21.5. The number of aliphatic hydroxyl groups excluding tert-OH is 2. The Morgan fingerprint density at radius 1 is 1.47 bits per heavy atom. The van der Waals surface area contributed by atoms with Crippen LogP contribution >= 0.6 is 11.5 Å². The molecule has 1 fully saturated rings. The van der Waals surface area contributed by atoms with Crippen molar-refractivity contribution in [2.75, 3.05) is 31.7 Å². The van der Waals surface area contributed by atoms with Crippen molar-refractivity contribution in [3.05, 3.63) is 5.82 Å². The molecule has 2 heterocycles. The van der Waals surface area contributed by atoms with E-state index in [-0.39, 0.29) is 6.61 Å². The number of hydrogen-bond acceptors (Lipinski definition) is 7. The molecule has 3 N–H and O–H groups in total. The number of aliphatic hydroxyl groups is 2. The molecule has 2 rings (SSSR count). The number of rotatable bonds is 5. The van der Waals surface area contributed by atoms with Gasteiger partial charge in [-0.25, -0.2) is 4.98 Å². The fraction of sp³-hybridized carbons (Fsp3) is 0.800. The SMILES string of the molecule is OC[C@H](O)CNc1nc(C2CCOCC2)ns1. The highest BCUT2D eigenvalue weighted by Gasteiger charge is 2.20. The maximum atomic E-state index is 9.20. The Labute approximate surface area is 104 Å². The van der Waals surface area contributed by atoms with Crippen LogP contribution in [0.1, 0.15) is 24.6 Å². The molecule has 0 bridgehead atoms. The Morgan fingerprint density at radius 2 is 2.24 bits per heavy atom. The highest BCUT2D eigenvalue weighted by molar-refractivity contribution is 7.09. The molecule has 1 aliphatic rings. The maximum absolute atomic E-state index is 9.20. The van der Waals surface area contributed by atoms with Crippen LogP contribution in [0.3, 0.4) is 0 Å². The van der Waals surface area contributed by atoms with E-state index >= 15 is 0 Å². The molecule has 0 radical (unpaired) electrons. The second kappa shape index (κ2) is 6.25. The van der Waals surface area contributed by atoms with E-state index in [1.807, 2.05) is 0 Å². The van der Waals surface area contributed by atoms with Gasteiger partial charge in [0.15, 0.2) is 0 Å². The van der Waals surface area contributed by atoms with Crippen LogP contribution in [0.4, 0.5) is 5.13 Å². The summed E-state index contributed by atoms with van der Waals surface area (Å²) in [5.41, 5.74) is 0. The Morgan fingerprint density at radius 3 is 2.94 bits per heavy atom. The van der Waals surface area contributed by atoms with Gasteiger partial charge < -0.3 is 20.3 Å². The number of nitrogens with one attached hydrogen (secondary N) is 1. The number of hydrogen-bond donors (Lipinski definition) is 3. The molecule has 0 saturated carbocycles. The van der Waals surface area contributed by atoms with E-state index in [0.29, 0.717) is 17.6 Å². The van der Waals surface area contributed by atoms with Gasteiger partial charge in [-0.2, -0.15) is 4.37 Å². The van der Waals surface area contributed by atoms with Crippen molar-refractivity contribution in [3.8, 4) is 0 Å². The summed E-state index contributed by atoms with van der Waals surface area (Å²) >= 11 is 1.29. The maximum Gasteiger partial charge on any atom is 0.202 e. The number of anilines is 1. The average Bonchev–Trinajstić information content (AvgIpc) is 2.86. The van der Waals surface area contributed by atoms with Crippen molar-refractivity contribution in [1.29, 1.82) is 0 Å². The minimum atomic E-state index is -0.759. The zero-order chi connectivity index (χ0) is 12.1. The lowest BCUT2D eigenvalue weighted by molar-refractivity contribution is 0.0838. The van der Waals surface area contributed by atoms with E-state index in [4.69, 9.17) is 9.84 Å². The normalized spacial score (nSPS) is 19.2. The highest BCUT2D eigenvalue weighted by Crippen LogP contribution is 2.26. The summed E-state index contributed by atoms with van der Waals surface area (Å²) in [4.78, 5) is 4.39. The van der Waals surface area contributed by atoms with Crippen molar-refractivity contribution in [2.45, 2.75) is 24.9 Å². The lowest BCUT2D eigenvalue weighted by atomic mass is 10.00. The first-order chi connectivity index (χ1) is 8.29. The molecule has 0 aliphatic carbocycles. The van der Waals surface area contributed by atoms with Crippen LogP contribution in [-0.4, -0.2) is 52.0 Å². The van der Waals surface area contributed by atoms with Crippen LogP contribution in [0.5, 0.6) is 0 Å². The second-order valence-corrected chi connectivity index (χ2v) is 4.81. The van der Waals surface area contributed by atoms with E-state index in [1.165, 1.54) is 11.5 Å². The quantitative estimate of drug-likeness (QED) is 0.700. The first-order valence-electron chi connectivity index (χ1n) is 5.73. The first kappa shape index (κ1) is 12.7. The molecule has 0 unspecified atom stereocenters. The van der Waals surface area contributed by atoms with E-state index < -0.39 is 6.10 Å². The summed E-state index contributed by atoms with van der Waals surface area (Å²) in [6.07, 6.45) is 1.18. The number of aromatic nitrogens is 2. The fourth-order valence-electron chi connectivity index (χ4n) is 1.70. The van der Waals surface area contributed by atoms with E-state index in [1.54, 1.807) is 0 Å². The standard InChI is InChI=1S/C10H17N3O3S/c14-6-8(15)5-11-10-12-9(13-17-10)7-1-3-16-4-2-7/h7-8,14-15H,1-6H2,(H,11,12,13)/t8-/m1/s1. The lowest BCUT2D eigenvalue weighted by Crippen LogP contribution is -2.22. The monoisotopic (exact) mass is 259 g/mol. The van der Waals surface area contributed by atoms with Crippen molar-refractivity contribution < 1.29 is 14.9 Å². The van der Waals surface area contributed by atoms with Crippen molar-refractivity contribution >= 4 is 16.7 Å². The molecule has 7 heteroatoms.